The van der Waals surface area contributed by atoms with Gasteiger partial charge in [-0.15, -0.1) is 0 Å². The van der Waals surface area contributed by atoms with E-state index in [1.165, 1.54) is 29.5 Å². The van der Waals surface area contributed by atoms with Crippen molar-refractivity contribution >= 4 is 11.7 Å². The number of hydrogen-bond acceptors (Lipinski definition) is 4. The van der Waals surface area contributed by atoms with Crippen molar-refractivity contribution in [1.82, 2.24) is 14.8 Å². The molecule has 3 rings (SSSR count). The van der Waals surface area contributed by atoms with Crippen LogP contribution in [-0.2, 0) is 7.05 Å². The Morgan fingerprint density at radius 2 is 2.00 bits per heavy atom. The average molecular weight is 292 g/mol. The molecule has 1 aromatic heterocycles. The smallest absolute Gasteiger partial charge is 0.323 e. The zero-order valence-corrected chi connectivity index (χ0v) is 12.3. The Morgan fingerprint density at radius 1 is 1.38 bits per heavy atom. The zero-order valence-electron chi connectivity index (χ0n) is 12.3. The molecule has 1 aromatic rings. The van der Waals surface area contributed by atoms with Crippen molar-refractivity contribution in [3.8, 4) is 0 Å². The number of carbonyl (C=O) groups is 1. The standard InChI is InChI=1S/C14H20N4O3/c1-16(11-7-9-3-4-10(8-11)15-9)14(19)12-5-6-13(17(12)2)18(20)21/h5-6,9-11,15H,3-4,7-8H2,1-2H3. The Balaban J connectivity index is 1.77. The van der Waals surface area contributed by atoms with Crippen LogP contribution < -0.4 is 5.32 Å². The number of aromatic nitrogens is 1. The van der Waals surface area contributed by atoms with Crippen LogP contribution in [0.15, 0.2) is 12.1 Å². The molecule has 2 bridgehead atoms. The van der Waals surface area contributed by atoms with Crippen LogP contribution in [0.2, 0.25) is 0 Å². The topological polar surface area (TPSA) is 80.4 Å². The number of nitro groups is 1. The van der Waals surface area contributed by atoms with Crippen molar-refractivity contribution in [3.63, 3.8) is 0 Å². The summed E-state index contributed by atoms with van der Waals surface area (Å²) in [5.41, 5.74) is 0.370. The number of nitrogens with zero attached hydrogens (tertiary/aromatic N) is 3. The van der Waals surface area contributed by atoms with Gasteiger partial charge in [-0.1, -0.05) is 0 Å². The van der Waals surface area contributed by atoms with E-state index in [-0.39, 0.29) is 17.8 Å². The Bertz CT molecular complexity index is 571. The average Bonchev–Trinajstić information content (AvgIpc) is 3.00. The maximum Gasteiger partial charge on any atom is 0.323 e. The van der Waals surface area contributed by atoms with E-state index >= 15 is 0 Å². The van der Waals surface area contributed by atoms with Crippen molar-refractivity contribution in [2.45, 2.75) is 43.8 Å². The van der Waals surface area contributed by atoms with E-state index in [4.69, 9.17) is 0 Å². The minimum absolute atomic E-state index is 0.0582. The summed E-state index contributed by atoms with van der Waals surface area (Å²) in [4.78, 5) is 24.8. The number of fused-ring (bicyclic) bond motifs is 2. The van der Waals surface area contributed by atoms with Crippen LogP contribution in [0.25, 0.3) is 0 Å². The summed E-state index contributed by atoms with van der Waals surface area (Å²) in [6, 6.07) is 4.14. The van der Waals surface area contributed by atoms with Gasteiger partial charge in [0.2, 0.25) is 0 Å². The maximum absolute atomic E-state index is 12.6. The van der Waals surface area contributed by atoms with Gasteiger partial charge in [-0.05, 0) is 36.7 Å². The fourth-order valence-corrected chi connectivity index (χ4v) is 3.59. The third-order valence-electron chi connectivity index (χ3n) is 4.82. The van der Waals surface area contributed by atoms with E-state index in [1.54, 1.807) is 19.0 Å². The van der Waals surface area contributed by atoms with Gasteiger partial charge in [0, 0.05) is 31.2 Å². The van der Waals surface area contributed by atoms with Crippen molar-refractivity contribution in [2.24, 2.45) is 7.05 Å². The predicted octanol–water partition coefficient (Wildman–Crippen LogP) is 1.29. The van der Waals surface area contributed by atoms with Gasteiger partial charge in [0.05, 0.1) is 7.05 Å². The molecule has 2 aliphatic rings. The van der Waals surface area contributed by atoms with E-state index in [0.29, 0.717) is 17.8 Å². The van der Waals surface area contributed by atoms with Gasteiger partial charge in [-0.25, -0.2) is 4.57 Å². The first kappa shape index (κ1) is 14.1. The second-order valence-corrected chi connectivity index (χ2v) is 6.07. The van der Waals surface area contributed by atoms with Crippen molar-refractivity contribution in [3.05, 3.63) is 27.9 Å². The second kappa shape index (κ2) is 5.14. The fraction of sp³-hybridized carbons (Fsp3) is 0.643. The molecule has 7 heteroatoms. The third kappa shape index (κ3) is 2.42. The fourth-order valence-electron chi connectivity index (χ4n) is 3.59. The Hall–Kier alpha value is -1.89. The molecule has 2 saturated heterocycles. The molecule has 114 valence electrons. The van der Waals surface area contributed by atoms with Gasteiger partial charge in [-0.2, -0.15) is 0 Å². The van der Waals surface area contributed by atoms with E-state index in [2.05, 4.69) is 5.32 Å². The van der Waals surface area contributed by atoms with Crippen LogP contribution in [-0.4, -0.2) is 45.5 Å². The van der Waals surface area contributed by atoms with Gasteiger partial charge < -0.3 is 20.3 Å². The molecule has 7 nitrogen and oxygen atoms in total. The Morgan fingerprint density at radius 3 is 2.52 bits per heavy atom. The van der Waals surface area contributed by atoms with Crippen molar-refractivity contribution in [2.75, 3.05) is 7.05 Å². The predicted molar refractivity (Wildman–Crippen MR) is 77.1 cm³/mol. The number of nitrogens with one attached hydrogen (secondary N) is 1. The zero-order chi connectivity index (χ0) is 15.1. The molecule has 0 radical (unpaired) electrons. The molecule has 2 atom stereocenters. The van der Waals surface area contributed by atoms with Crippen molar-refractivity contribution < 1.29 is 9.72 Å². The van der Waals surface area contributed by atoms with Gasteiger partial charge in [0.15, 0.2) is 5.69 Å². The lowest BCUT2D eigenvalue weighted by atomic mass is 9.98. The normalized spacial score (nSPS) is 27.6. The first-order valence-electron chi connectivity index (χ1n) is 7.30. The maximum atomic E-state index is 12.6. The van der Waals surface area contributed by atoms with Crippen LogP contribution in [0.3, 0.4) is 0 Å². The SMILES string of the molecule is CN(C(=O)c1ccc([N+](=O)[O-])n1C)C1CC2CCC(C1)N2. The minimum Gasteiger partial charge on any atom is -0.358 e. The summed E-state index contributed by atoms with van der Waals surface area (Å²) < 4.78 is 1.36. The first-order valence-corrected chi connectivity index (χ1v) is 7.30. The Kier molecular flexibility index (Phi) is 3.44. The molecule has 3 heterocycles. The summed E-state index contributed by atoms with van der Waals surface area (Å²) in [5, 5.41) is 14.4. The lowest BCUT2D eigenvalue weighted by Gasteiger charge is -2.35. The highest BCUT2D eigenvalue weighted by Crippen LogP contribution is 2.30. The third-order valence-corrected chi connectivity index (χ3v) is 4.82. The molecule has 0 aliphatic carbocycles. The number of hydrogen-bond donors (Lipinski definition) is 1. The van der Waals surface area contributed by atoms with Gasteiger partial charge in [0.25, 0.3) is 5.91 Å². The molecule has 21 heavy (non-hydrogen) atoms. The molecule has 2 aliphatic heterocycles. The summed E-state index contributed by atoms with van der Waals surface area (Å²) in [6.45, 7) is 0. The van der Waals surface area contributed by atoms with E-state index in [0.717, 1.165) is 12.8 Å². The van der Waals surface area contributed by atoms with Crippen LogP contribution >= 0.6 is 0 Å². The molecule has 0 saturated carbocycles. The second-order valence-electron chi connectivity index (χ2n) is 6.07. The first-order chi connectivity index (χ1) is 9.97. The summed E-state index contributed by atoms with van der Waals surface area (Å²) in [5.74, 6) is -0.200. The van der Waals surface area contributed by atoms with Crippen molar-refractivity contribution in [1.29, 1.82) is 0 Å². The Labute approximate surface area is 123 Å². The number of amides is 1. The molecule has 1 N–H and O–H groups in total. The molecule has 2 fully saturated rings. The number of piperidine rings is 1. The molecule has 0 spiro atoms. The van der Waals surface area contributed by atoms with E-state index in [1.807, 2.05) is 0 Å². The van der Waals surface area contributed by atoms with Gasteiger partial charge in [0.1, 0.15) is 0 Å². The van der Waals surface area contributed by atoms with Crippen LogP contribution in [0.5, 0.6) is 0 Å². The summed E-state index contributed by atoms with van der Waals surface area (Å²) in [6.07, 6.45) is 4.29. The minimum atomic E-state index is -0.471. The van der Waals surface area contributed by atoms with Crippen LogP contribution in [0.1, 0.15) is 36.2 Å². The molecule has 0 aromatic carbocycles. The van der Waals surface area contributed by atoms with Gasteiger partial charge in [-0.3, -0.25) is 4.79 Å². The largest absolute Gasteiger partial charge is 0.358 e. The van der Waals surface area contributed by atoms with Crippen LogP contribution in [0.4, 0.5) is 5.82 Å². The molecular weight excluding hydrogens is 272 g/mol. The lowest BCUT2D eigenvalue weighted by Crippen LogP contribution is -2.49. The monoisotopic (exact) mass is 292 g/mol. The highest BCUT2D eigenvalue weighted by molar-refractivity contribution is 5.93. The number of rotatable bonds is 3. The van der Waals surface area contributed by atoms with Crippen LogP contribution in [0, 0.1) is 10.1 Å². The molecular formula is C14H20N4O3. The highest BCUT2D eigenvalue weighted by Gasteiger charge is 2.37. The van der Waals surface area contributed by atoms with E-state index < -0.39 is 4.92 Å². The highest BCUT2D eigenvalue weighted by atomic mass is 16.6. The quantitative estimate of drug-likeness (QED) is 0.672. The van der Waals surface area contributed by atoms with Gasteiger partial charge >= 0.3 is 5.82 Å². The van der Waals surface area contributed by atoms with E-state index in [9.17, 15) is 14.9 Å². The summed E-state index contributed by atoms with van der Waals surface area (Å²) >= 11 is 0. The molecule has 1 amide bonds. The number of carbonyl (C=O) groups excluding carboxylic acids is 1. The molecule has 2 unspecified atom stereocenters. The lowest BCUT2D eigenvalue weighted by molar-refractivity contribution is -0.391. The summed E-state index contributed by atoms with van der Waals surface area (Å²) in [7, 11) is 3.36.